The van der Waals surface area contributed by atoms with Crippen LogP contribution >= 0.6 is 15.9 Å². The number of carbonyl (C=O) groups is 2. The van der Waals surface area contributed by atoms with Gasteiger partial charge in [-0.1, -0.05) is 66.0 Å². The fraction of sp³-hybridized carbons (Fsp3) is 0.440. The predicted molar refractivity (Wildman–Crippen MR) is 126 cm³/mol. The molecule has 3 rings (SSSR count). The van der Waals surface area contributed by atoms with Gasteiger partial charge in [0.05, 0.1) is 0 Å². The van der Waals surface area contributed by atoms with Gasteiger partial charge in [0.15, 0.2) is 6.61 Å². The maximum Gasteiger partial charge on any atom is 0.261 e. The summed E-state index contributed by atoms with van der Waals surface area (Å²) in [6.45, 7) is 2.34. The molecule has 0 spiro atoms. The van der Waals surface area contributed by atoms with Crippen LogP contribution in [0, 0.1) is 0 Å². The fourth-order valence-corrected chi connectivity index (χ4v) is 4.29. The Morgan fingerprint density at radius 3 is 2.42 bits per heavy atom. The number of hydrogen-bond acceptors (Lipinski definition) is 3. The van der Waals surface area contributed by atoms with Crippen molar-refractivity contribution in [1.29, 1.82) is 0 Å². The molecule has 1 atom stereocenters. The minimum absolute atomic E-state index is 0.0561. The largest absolute Gasteiger partial charge is 0.484 e. The van der Waals surface area contributed by atoms with E-state index in [-0.39, 0.29) is 24.5 Å². The van der Waals surface area contributed by atoms with Crippen molar-refractivity contribution in [2.45, 2.75) is 57.5 Å². The van der Waals surface area contributed by atoms with Gasteiger partial charge in [-0.2, -0.15) is 0 Å². The monoisotopic (exact) mass is 486 g/mol. The quantitative estimate of drug-likeness (QED) is 0.527. The highest BCUT2D eigenvalue weighted by Crippen LogP contribution is 2.19. The van der Waals surface area contributed by atoms with Crippen LogP contribution in [0.15, 0.2) is 59.1 Å². The SMILES string of the molecule is CC[C@@H](C(=O)NC1CCCC1)N(CCc1ccccc1)C(=O)COc1ccc(Br)cc1. The third-order valence-electron chi connectivity index (χ3n) is 5.75. The minimum Gasteiger partial charge on any atom is -0.484 e. The third kappa shape index (κ3) is 7.10. The van der Waals surface area contributed by atoms with Gasteiger partial charge in [0, 0.05) is 17.1 Å². The highest BCUT2D eigenvalue weighted by molar-refractivity contribution is 9.10. The second kappa shape index (κ2) is 11.9. The standard InChI is InChI=1S/C25H31BrN2O3/c1-2-23(25(30)27-21-10-6-7-11-21)28(17-16-19-8-4-3-5-9-19)24(29)18-31-22-14-12-20(26)13-15-22/h3-5,8-9,12-15,21,23H,2,6-7,10-11,16-18H2,1H3,(H,27,30)/t23-/m0/s1. The maximum absolute atomic E-state index is 13.2. The molecule has 0 radical (unpaired) electrons. The summed E-state index contributed by atoms with van der Waals surface area (Å²) in [5.74, 6) is 0.398. The molecule has 1 aliphatic rings. The lowest BCUT2D eigenvalue weighted by molar-refractivity contribution is -0.142. The van der Waals surface area contributed by atoms with Crippen molar-refractivity contribution < 1.29 is 14.3 Å². The van der Waals surface area contributed by atoms with Crippen molar-refractivity contribution in [3.05, 3.63) is 64.6 Å². The molecule has 1 fully saturated rings. The van der Waals surface area contributed by atoms with E-state index in [0.717, 1.165) is 35.7 Å². The van der Waals surface area contributed by atoms with E-state index in [4.69, 9.17) is 4.74 Å². The number of halogens is 1. The summed E-state index contributed by atoms with van der Waals surface area (Å²) in [5.41, 5.74) is 1.14. The molecule has 0 aromatic heterocycles. The number of nitrogens with one attached hydrogen (secondary N) is 1. The molecule has 166 valence electrons. The summed E-state index contributed by atoms with van der Waals surface area (Å²) in [4.78, 5) is 27.9. The highest BCUT2D eigenvalue weighted by Gasteiger charge is 2.30. The van der Waals surface area contributed by atoms with Crippen LogP contribution < -0.4 is 10.1 Å². The van der Waals surface area contributed by atoms with E-state index < -0.39 is 6.04 Å². The first-order valence-electron chi connectivity index (χ1n) is 11.1. The first kappa shape index (κ1) is 23.3. The summed E-state index contributed by atoms with van der Waals surface area (Å²) in [5, 5.41) is 3.16. The molecule has 5 nitrogen and oxygen atoms in total. The van der Waals surface area contributed by atoms with Gasteiger partial charge in [-0.15, -0.1) is 0 Å². The molecule has 0 aliphatic heterocycles. The molecule has 0 bridgehead atoms. The number of ether oxygens (including phenoxy) is 1. The maximum atomic E-state index is 13.2. The molecule has 2 aromatic rings. The van der Waals surface area contributed by atoms with Gasteiger partial charge >= 0.3 is 0 Å². The number of benzene rings is 2. The summed E-state index contributed by atoms with van der Waals surface area (Å²) >= 11 is 3.40. The smallest absolute Gasteiger partial charge is 0.261 e. The number of rotatable bonds is 10. The van der Waals surface area contributed by atoms with E-state index in [9.17, 15) is 9.59 Å². The Bertz CT molecular complexity index is 836. The van der Waals surface area contributed by atoms with Crippen molar-refractivity contribution in [3.8, 4) is 5.75 Å². The Hall–Kier alpha value is -2.34. The highest BCUT2D eigenvalue weighted by atomic mass is 79.9. The second-order valence-electron chi connectivity index (χ2n) is 7.98. The van der Waals surface area contributed by atoms with E-state index >= 15 is 0 Å². The molecule has 0 saturated heterocycles. The number of hydrogen-bond donors (Lipinski definition) is 1. The van der Waals surface area contributed by atoms with Crippen LogP contribution in [-0.2, 0) is 16.0 Å². The third-order valence-corrected chi connectivity index (χ3v) is 6.28. The van der Waals surface area contributed by atoms with Crippen LogP contribution in [0.2, 0.25) is 0 Å². The second-order valence-corrected chi connectivity index (χ2v) is 8.90. The Kier molecular flexibility index (Phi) is 8.95. The van der Waals surface area contributed by atoms with E-state index in [0.29, 0.717) is 25.1 Å². The van der Waals surface area contributed by atoms with Crippen LogP contribution in [-0.4, -0.2) is 41.9 Å². The lowest BCUT2D eigenvalue weighted by atomic mass is 10.1. The zero-order chi connectivity index (χ0) is 22.1. The molecule has 31 heavy (non-hydrogen) atoms. The zero-order valence-corrected chi connectivity index (χ0v) is 19.6. The van der Waals surface area contributed by atoms with Crippen LogP contribution in [0.3, 0.4) is 0 Å². The predicted octanol–water partition coefficient (Wildman–Crippen LogP) is 4.74. The zero-order valence-electron chi connectivity index (χ0n) is 18.1. The van der Waals surface area contributed by atoms with Gasteiger partial charge in [0.1, 0.15) is 11.8 Å². The lowest BCUT2D eigenvalue weighted by Gasteiger charge is -2.31. The van der Waals surface area contributed by atoms with E-state index in [2.05, 4.69) is 21.2 Å². The van der Waals surface area contributed by atoms with Gasteiger partial charge < -0.3 is 15.0 Å². The van der Waals surface area contributed by atoms with Crippen molar-refractivity contribution >= 4 is 27.7 Å². The molecule has 1 aliphatic carbocycles. The summed E-state index contributed by atoms with van der Waals surface area (Å²) < 4.78 is 6.67. The van der Waals surface area contributed by atoms with E-state index in [1.165, 1.54) is 0 Å². The van der Waals surface area contributed by atoms with Crippen LogP contribution in [0.1, 0.15) is 44.6 Å². The Morgan fingerprint density at radius 1 is 1.10 bits per heavy atom. The normalized spacial score (nSPS) is 14.8. The average molecular weight is 487 g/mol. The van der Waals surface area contributed by atoms with Gasteiger partial charge in [-0.3, -0.25) is 9.59 Å². The van der Waals surface area contributed by atoms with Crippen LogP contribution in [0.25, 0.3) is 0 Å². The van der Waals surface area contributed by atoms with Gasteiger partial charge in [0.2, 0.25) is 5.91 Å². The van der Waals surface area contributed by atoms with Crippen molar-refractivity contribution in [2.24, 2.45) is 0 Å². The average Bonchev–Trinajstić information content (AvgIpc) is 3.29. The van der Waals surface area contributed by atoms with Crippen molar-refractivity contribution in [2.75, 3.05) is 13.2 Å². The molecular formula is C25H31BrN2O3. The van der Waals surface area contributed by atoms with E-state index in [1.807, 2.05) is 61.5 Å². The summed E-state index contributed by atoms with van der Waals surface area (Å²) in [7, 11) is 0. The number of nitrogens with zero attached hydrogens (tertiary/aromatic N) is 1. The van der Waals surface area contributed by atoms with Crippen LogP contribution in [0.5, 0.6) is 5.75 Å². The molecule has 1 N–H and O–H groups in total. The van der Waals surface area contributed by atoms with Crippen molar-refractivity contribution in [1.82, 2.24) is 10.2 Å². The summed E-state index contributed by atoms with van der Waals surface area (Å²) in [6, 6.07) is 17.1. The molecule has 1 saturated carbocycles. The Morgan fingerprint density at radius 2 is 1.77 bits per heavy atom. The van der Waals surface area contributed by atoms with Gasteiger partial charge in [-0.05, 0) is 55.5 Å². The fourth-order valence-electron chi connectivity index (χ4n) is 4.02. The lowest BCUT2D eigenvalue weighted by Crippen LogP contribution is -2.52. The molecule has 6 heteroatoms. The molecular weight excluding hydrogens is 456 g/mol. The van der Waals surface area contributed by atoms with Gasteiger partial charge in [-0.25, -0.2) is 0 Å². The Balaban J connectivity index is 1.68. The first-order chi connectivity index (χ1) is 15.1. The topological polar surface area (TPSA) is 58.6 Å². The number of amides is 2. The number of carbonyl (C=O) groups excluding carboxylic acids is 2. The minimum atomic E-state index is -0.495. The molecule has 0 unspecified atom stereocenters. The first-order valence-corrected chi connectivity index (χ1v) is 11.9. The molecule has 2 amide bonds. The summed E-state index contributed by atoms with van der Waals surface area (Å²) in [6.07, 6.45) is 5.61. The van der Waals surface area contributed by atoms with E-state index in [1.54, 1.807) is 4.90 Å². The Labute approximate surface area is 193 Å². The van der Waals surface area contributed by atoms with Crippen LogP contribution in [0.4, 0.5) is 0 Å². The van der Waals surface area contributed by atoms with Crippen molar-refractivity contribution in [3.63, 3.8) is 0 Å². The molecule has 2 aromatic carbocycles. The van der Waals surface area contributed by atoms with Gasteiger partial charge in [0.25, 0.3) is 5.91 Å². The molecule has 0 heterocycles.